The Hall–Kier alpha value is -0.410. The first-order valence-corrected chi connectivity index (χ1v) is 5.90. The first-order chi connectivity index (χ1) is 7.11. The molecule has 2 unspecified atom stereocenters. The standard InChI is InChI=1S/C12H24O3/c1-4-6-7-15-9-11(13)8-10(3)12(14)5-2/h10-11,13H,4-9H2,1-3H3. The minimum Gasteiger partial charge on any atom is -0.391 e. The number of hydrogen-bond acceptors (Lipinski definition) is 3. The van der Waals surface area contributed by atoms with Gasteiger partial charge in [-0.25, -0.2) is 0 Å². The normalized spacial score (nSPS) is 14.9. The van der Waals surface area contributed by atoms with Gasteiger partial charge in [0, 0.05) is 18.9 Å². The van der Waals surface area contributed by atoms with E-state index in [9.17, 15) is 9.90 Å². The largest absolute Gasteiger partial charge is 0.391 e. The van der Waals surface area contributed by atoms with Gasteiger partial charge in [0.15, 0.2) is 0 Å². The highest BCUT2D eigenvalue weighted by Gasteiger charge is 2.15. The van der Waals surface area contributed by atoms with E-state index in [2.05, 4.69) is 6.92 Å². The van der Waals surface area contributed by atoms with Crippen molar-refractivity contribution >= 4 is 5.78 Å². The minimum absolute atomic E-state index is 0.0558. The molecule has 0 saturated carbocycles. The summed E-state index contributed by atoms with van der Waals surface area (Å²) in [6.45, 7) is 6.86. The highest BCUT2D eigenvalue weighted by Crippen LogP contribution is 2.09. The van der Waals surface area contributed by atoms with Crippen LogP contribution in [0.1, 0.15) is 46.5 Å². The van der Waals surface area contributed by atoms with Crippen LogP contribution in [0.5, 0.6) is 0 Å². The summed E-state index contributed by atoms with van der Waals surface area (Å²) < 4.78 is 5.29. The number of carbonyl (C=O) groups is 1. The third-order valence-corrected chi connectivity index (χ3v) is 2.48. The van der Waals surface area contributed by atoms with E-state index in [1.54, 1.807) is 0 Å². The summed E-state index contributed by atoms with van der Waals surface area (Å²) in [6, 6.07) is 0. The van der Waals surface area contributed by atoms with Gasteiger partial charge >= 0.3 is 0 Å². The Morgan fingerprint density at radius 3 is 2.60 bits per heavy atom. The maximum absolute atomic E-state index is 11.3. The predicted octanol–water partition coefficient (Wildman–Crippen LogP) is 2.17. The number of aliphatic hydroxyl groups excluding tert-OH is 1. The van der Waals surface area contributed by atoms with Gasteiger partial charge in [-0.3, -0.25) is 4.79 Å². The van der Waals surface area contributed by atoms with E-state index >= 15 is 0 Å². The Morgan fingerprint density at radius 2 is 2.07 bits per heavy atom. The third kappa shape index (κ3) is 7.51. The summed E-state index contributed by atoms with van der Waals surface area (Å²) in [5.74, 6) is 0.155. The number of rotatable bonds is 9. The van der Waals surface area contributed by atoms with E-state index in [-0.39, 0.29) is 11.7 Å². The van der Waals surface area contributed by atoms with Crippen molar-refractivity contribution in [2.75, 3.05) is 13.2 Å². The second kappa shape index (κ2) is 8.86. The molecule has 0 aromatic carbocycles. The number of Topliss-reactive ketones (excluding diaryl/α,β-unsaturated/α-hetero) is 1. The fourth-order valence-electron chi connectivity index (χ4n) is 1.42. The summed E-state index contributed by atoms with van der Waals surface area (Å²) in [5.41, 5.74) is 0. The molecule has 0 saturated heterocycles. The monoisotopic (exact) mass is 216 g/mol. The van der Waals surface area contributed by atoms with Gasteiger partial charge in [-0.1, -0.05) is 27.2 Å². The molecule has 3 heteroatoms. The van der Waals surface area contributed by atoms with E-state index in [1.165, 1.54) is 0 Å². The Bertz CT molecular complexity index is 168. The predicted molar refractivity (Wildman–Crippen MR) is 60.8 cm³/mol. The van der Waals surface area contributed by atoms with E-state index in [0.717, 1.165) is 12.8 Å². The molecule has 0 spiro atoms. The molecule has 0 aliphatic rings. The van der Waals surface area contributed by atoms with Crippen LogP contribution in [0, 0.1) is 5.92 Å². The van der Waals surface area contributed by atoms with Crippen molar-refractivity contribution in [3.63, 3.8) is 0 Å². The molecule has 0 heterocycles. The summed E-state index contributed by atoms with van der Waals surface area (Å²) in [7, 11) is 0. The lowest BCUT2D eigenvalue weighted by molar-refractivity contribution is -0.123. The highest BCUT2D eigenvalue weighted by atomic mass is 16.5. The molecule has 0 aromatic rings. The van der Waals surface area contributed by atoms with Crippen molar-refractivity contribution in [1.82, 2.24) is 0 Å². The summed E-state index contributed by atoms with van der Waals surface area (Å²) in [4.78, 5) is 11.3. The third-order valence-electron chi connectivity index (χ3n) is 2.48. The van der Waals surface area contributed by atoms with Crippen LogP contribution in [0.3, 0.4) is 0 Å². The second-order valence-corrected chi connectivity index (χ2v) is 4.04. The van der Waals surface area contributed by atoms with Crippen LogP contribution in [0.4, 0.5) is 0 Å². The molecule has 1 N–H and O–H groups in total. The average Bonchev–Trinajstić information content (AvgIpc) is 2.23. The topological polar surface area (TPSA) is 46.5 Å². The van der Waals surface area contributed by atoms with Crippen molar-refractivity contribution in [1.29, 1.82) is 0 Å². The van der Waals surface area contributed by atoms with Crippen molar-refractivity contribution in [2.45, 2.75) is 52.6 Å². The fraction of sp³-hybridized carbons (Fsp3) is 0.917. The number of aliphatic hydroxyl groups is 1. The van der Waals surface area contributed by atoms with E-state index in [4.69, 9.17) is 4.74 Å². The molecular formula is C12H24O3. The number of ether oxygens (including phenoxy) is 1. The van der Waals surface area contributed by atoms with E-state index < -0.39 is 6.10 Å². The van der Waals surface area contributed by atoms with Gasteiger partial charge in [0.25, 0.3) is 0 Å². The van der Waals surface area contributed by atoms with Gasteiger partial charge in [-0.2, -0.15) is 0 Å². The zero-order chi connectivity index (χ0) is 11.7. The van der Waals surface area contributed by atoms with E-state index in [1.807, 2.05) is 13.8 Å². The van der Waals surface area contributed by atoms with Crippen LogP contribution in [0.25, 0.3) is 0 Å². The van der Waals surface area contributed by atoms with Gasteiger partial charge < -0.3 is 9.84 Å². The molecule has 0 fully saturated rings. The van der Waals surface area contributed by atoms with Gasteiger partial charge in [0.1, 0.15) is 5.78 Å². The zero-order valence-electron chi connectivity index (χ0n) is 10.2. The highest BCUT2D eigenvalue weighted by molar-refractivity contribution is 5.80. The molecule has 0 rings (SSSR count). The van der Waals surface area contributed by atoms with E-state index in [0.29, 0.717) is 26.1 Å². The van der Waals surface area contributed by atoms with Crippen molar-refractivity contribution < 1.29 is 14.6 Å². The minimum atomic E-state index is -0.507. The summed E-state index contributed by atoms with van der Waals surface area (Å²) in [5, 5.41) is 9.59. The van der Waals surface area contributed by atoms with Gasteiger partial charge in [0.2, 0.25) is 0 Å². The van der Waals surface area contributed by atoms with Crippen LogP contribution in [-0.2, 0) is 9.53 Å². The SMILES string of the molecule is CCCCOCC(O)CC(C)C(=O)CC. The summed E-state index contributed by atoms with van der Waals surface area (Å²) in [6.07, 6.45) is 2.67. The lowest BCUT2D eigenvalue weighted by atomic mass is 9.98. The fourth-order valence-corrected chi connectivity index (χ4v) is 1.42. The molecular weight excluding hydrogens is 192 g/mol. The molecule has 0 aromatic heterocycles. The van der Waals surface area contributed by atoms with Crippen LogP contribution in [0.15, 0.2) is 0 Å². The van der Waals surface area contributed by atoms with Crippen molar-refractivity contribution in [3.05, 3.63) is 0 Å². The molecule has 0 aliphatic heterocycles. The first kappa shape index (κ1) is 14.6. The number of carbonyl (C=O) groups excluding carboxylic acids is 1. The molecule has 0 bridgehead atoms. The van der Waals surface area contributed by atoms with Gasteiger partial charge in [-0.05, 0) is 12.8 Å². The quantitative estimate of drug-likeness (QED) is 0.601. The lowest BCUT2D eigenvalue weighted by Crippen LogP contribution is -2.22. The van der Waals surface area contributed by atoms with Gasteiger partial charge in [-0.15, -0.1) is 0 Å². The Labute approximate surface area is 92.8 Å². The van der Waals surface area contributed by atoms with Crippen LogP contribution < -0.4 is 0 Å². The molecule has 90 valence electrons. The second-order valence-electron chi connectivity index (χ2n) is 4.04. The van der Waals surface area contributed by atoms with Crippen molar-refractivity contribution in [2.24, 2.45) is 5.92 Å². The molecule has 3 nitrogen and oxygen atoms in total. The molecule has 2 atom stereocenters. The van der Waals surface area contributed by atoms with Crippen LogP contribution in [0.2, 0.25) is 0 Å². The molecule has 0 amide bonds. The molecule has 0 aliphatic carbocycles. The maximum Gasteiger partial charge on any atom is 0.135 e. The average molecular weight is 216 g/mol. The zero-order valence-corrected chi connectivity index (χ0v) is 10.2. The lowest BCUT2D eigenvalue weighted by Gasteiger charge is -2.15. The molecule has 0 radical (unpaired) electrons. The van der Waals surface area contributed by atoms with Gasteiger partial charge in [0.05, 0.1) is 12.7 Å². The van der Waals surface area contributed by atoms with Crippen LogP contribution >= 0.6 is 0 Å². The molecule has 15 heavy (non-hydrogen) atoms. The maximum atomic E-state index is 11.3. The first-order valence-electron chi connectivity index (χ1n) is 5.90. The number of unbranched alkanes of at least 4 members (excludes halogenated alkanes) is 1. The Kier molecular flexibility index (Phi) is 8.62. The number of hydrogen-bond donors (Lipinski definition) is 1. The smallest absolute Gasteiger partial charge is 0.135 e. The summed E-state index contributed by atoms with van der Waals surface area (Å²) >= 11 is 0. The number of ketones is 1. The van der Waals surface area contributed by atoms with Crippen molar-refractivity contribution in [3.8, 4) is 0 Å². The van der Waals surface area contributed by atoms with Crippen LogP contribution in [-0.4, -0.2) is 30.2 Å². The Morgan fingerprint density at radius 1 is 1.40 bits per heavy atom. The Balaban J connectivity index is 3.55.